The van der Waals surface area contributed by atoms with Gasteiger partial charge in [-0.15, -0.1) is 0 Å². The third-order valence-corrected chi connectivity index (χ3v) is 4.92. The highest BCUT2D eigenvalue weighted by Gasteiger charge is 2.37. The number of rotatable bonds is 3. The first-order valence-corrected chi connectivity index (χ1v) is 7.84. The minimum Gasteiger partial charge on any atom is -0.481 e. The number of benzene rings is 1. The van der Waals surface area contributed by atoms with Crippen molar-refractivity contribution in [2.75, 3.05) is 5.32 Å². The number of aromatic nitrogens is 1. The van der Waals surface area contributed by atoms with Gasteiger partial charge in [0.15, 0.2) is 5.13 Å². The monoisotopic (exact) mass is 324 g/mol. The third-order valence-electron chi connectivity index (χ3n) is 3.75. The number of carbonyl (C=O) groups is 2. The first kappa shape index (κ1) is 14.3. The first-order valence-electron chi connectivity index (χ1n) is 6.64. The molecule has 1 amide bonds. The maximum atomic E-state index is 12.2. The van der Waals surface area contributed by atoms with E-state index in [0.717, 1.165) is 16.6 Å². The van der Waals surface area contributed by atoms with E-state index in [1.807, 2.05) is 0 Å². The van der Waals surface area contributed by atoms with Gasteiger partial charge in [0.25, 0.3) is 0 Å². The van der Waals surface area contributed by atoms with Gasteiger partial charge in [0, 0.05) is 5.02 Å². The normalized spacial score (nSPS) is 21.6. The van der Waals surface area contributed by atoms with E-state index in [-0.39, 0.29) is 5.91 Å². The number of anilines is 1. The van der Waals surface area contributed by atoms with Crippen LogP contribution in [0.15, 0.2) is 18.2 Å². The standard InChI is InChI=1S/C14H13ClN2O3S/c15-7-4-5-10-11(6-7)21-14(16-10)17-12(18)8-2-1-3-9(8)13(19)20/h4-6,8-9H,1-3H2,(H,19,20)(H,16,17,18). The lowest BCUT2D eigenvalue weighted by atomic mass is 9.95. The van der Waals surface area contributed by atoms with E-state index in [9.17, 15) is 9.59 Å². The van der Waals surface area contributed by atoms with Gasteiger partial charge in [-0.3, -0.25) is 9.59 Å². The number of carbonyl (C=O) groups excluding carboxylic acids is 1. The molecule has 0 radical (unpaired) electrons. The van der Waals surface area contributed by atoms with E-state index < -0.39 is 17.8 Å². The molecule has 21 heavy (non-hydrogen) atoms. The van der Waals surface area contributed by atoms with Gasteiger partial charge in [0.1, 0.15) is 0 Å². The Kier molecular flexibility index (Phi) is 3.82. The molecule has 2 aromatic rings. The Labute approximate surface area is 129 Å². The molecule has 1 fully saturated rings. The summed E-state index contributed by atoms with van der Waals surface area (Å²) >= 11 is 7.25. The predicted molar refractivity (Wildman–Crippen MR) is 81.7 cm³/mol. The fourth-order valence-electron chi connectivity index (χ4n) is 2.72. The molecule has 1 aliphatic rings. The van der Waals surface area contributed by atoms with Gasteiger partial charge >= 0.3 is 5.97 Å². The average molecular weight is 325 g/mol. The van der Waals surface area contributed by atoms with Gasteiger partial charge in [0.2, 0.25) is 5.91 Å². The van der Waals surface area contributed by atoms with E-state index in [1.165, 1.54) is 11.3 Å². The number of carboxylic acids is 1. The number of aliphatic carboxylic acids is 1. The van der Waals surface area contributed by atoms with Crippen molar-refractivity contribution in [1.82, 2.24) is 4.98 Å². The van der Waals surface area contributed by atoms with Crippen molar-refractivity contribution in [1.29, 1.82) is 0 Å². The van der Waals surface area contributed by atoms with Crippen LogP contribution in [0, 0.1) is 11.8 Å². The summed E-state index contributed by atoms with van der Waals surface area (Å²) in [7, 11) is 0. The quantitative estimate of drug-likeness (QED) is 0.907. The van der Waals surface area contributed by atoms with Gasteiger partial charge < -0.3 is 10.4 Å². The smallest absolute Gasteiger partial charge is 0.307 e. The molecule has 7 heteroatoms. The lowest BCUT2D eigenvalue weighted by Gasteiger charge is -2.14. The molecule has 1 aromatic carbocycles. The summed E-state index contributed by atoms with van der Waals surface area (Å²) in [5.74, 6) is -2.22. The summed E-state index contributed by atoms with van der Waals surface area (Å²) in [4.78, 5) is 27.7. The maximum Gasteiger partial charge on any atom is 0.307 e. The third kappa shape index (κ3) is 2.87. The topological polar surface area (TPSA) is 79.3 Å². The summed E-state index contributed by atoms with van der Waals surface area (Å²) in [6.07, 6.45) is 1.94. The molecule has 0 spiro atoms. The van der Waals surface area contributed by atoms with Crippen LogP contribution in [0.5, 0.6) is 0 Å². The second-order valence-electron chi connectivity index (χ2n) is 5.10. The van der Waals surface area contributed by atoms with E-state index in [2.05, 4.69) is 10.3 Å². The minimum absolute atomic E-state index is 0.259. The van der Waals surface area contributed by atoms with Gasteiger partial charge in [-0.2, -0.15) is 0 Å². The SMILES string of the molecule is O=C(O)C1CCCC1C(=O)Nc1nc2ccc(Cl)cc2s1. The summed E-state index contributed by atoms with van der Waals surface area (Å²) < 4.78 is 0.888. The summed E-state index contributed by atoms with van der Waals surface area (Å²) in [5.41, 5.74) is 0.765. The van der Waals surface area contributed by atoms with E-state index in [1.54, 1.807) is 18.2 Å². The zero-order valence-corrected chi connectivity index (χ0v) is 12.6. The fraction of sp³-hybridized carbons (Fsp3) is 0.357. The number of nitrogens with one attached hydrogen (secondary N) is 1. The number of hydrogen-bond donors (Lipinski definition) is 2. The number of carboxylic acid groups (broad SMARTS) is 1. The highest BCUT2D eigenvalue weighted by atomic mass is 35.5. The van der Waals surface area contributed by atoms with Crippen LogP contribution in [-0.2, 0) is 9.59 Å². The molecule has 2 atom stereocenters. The number of fused-ring (bicyclic) bond motifs is 1. The van der Waals surface area contributed by atoms with Gasteiger partial charge in [-0.1, -0.05) is 29.4 Å². The molecule has 110 valence electrons. The van der Waals surface area contributed by atoms with Crippen molar-refractivity contribution in [3.05, 3.63) is 23.2 Å². The maximum absolute atomic E-state index is 12.2. The first-order chi connectivity index (χ1) is 10.0. The summed E-state index contributed by atoms with van der Waals surface area (Å²) in [6.45, 7) is 0. The number of hydrogen-bond acceptors (Lipinski definition) is 4. The largest absolute Gasteiger partial charge is 0.481 e. The number of nitrogens with zero attached hydrogens (tertiary/aromatic N) is 1. The Bertz CT molecular complexity index is 715. The number of halogens is 1. The molecule has 0 bridgehead atoms. The zero-order valence-electron chi connectivity index (χ0n) is 11.0. The van der Waals surface area contributed by atoms with Crippen LogP contribution in [0.3, 0.4) is 0 Å². The van der Waals surface area contributed by atoms with E-state index >= 15 is 0 Å². The Morgan fingerprint density at radius 2 is 2.10 bits per heavy atom. The van der Waals surface area contributed by atoms with Crippen LogP contribution in [0.2, 0.25) is 5.02 Å². The molecule has 3 rings (SSSR count). The Morgan fingerprint density at radius 3 is 2.86 bits per heavy atom. The molecule has 1 aliphatic carbocycles. The Hall–Kier alpha value is -1.66. The molecule has 1 heterocycles. The zero-order chi connectivity index (χ0) is 15.0. The van der Waals surface area contributed by atoms with Crippen molar-refractivity contribution in [2.24, 2.45) is 11.8 Å². The Balaban J connectivity index is 1.78. The highest BCUT2D eigenvalue weighted by Crippen LogP contribution is 2.34. The summed E-state index contributed by atoms with van der Waals surface area (Å²) in [5, 5.41) is 13.0. The van der Waals surface area contributed by atoms with Gasteiger partial charge in [-0.05, 0) is 31.0 Å². The molecule has 1 saturated carbocycles. The second kappa shape index (κ2) is 5.61. The lowest BCUT2D eigenvalue weighted by molar-refractivity contribution is -0.145. The number of thiazole rings is 1. The van der Waals surface area contributed by atoms with Crippen molar-refractivity contribution in [2.45, 2.75) is 19.3 Å². The molecule has 2 N–H and O–H groups in total. The Morgan fingerprint density at radius 1 is 1.33 bits per heavy atom. The lowest BCUT2D eigenvalue weighted by Crippen LogP contribution is -2.29. The number of amides is 1. The van der Waals surface area contributed by atoms with Crippen LogP contribution in [0.25, 0.3) is 10.2 Å². The molecule has 2 unspecified atom stereocenters. The van der Waals surface area contributed by atoms with Crippen molar-refractivity contribution < 1.29 is 14.7 Å². The molecule has 0 aliphatic heterocycles. The van der Waals surface area contributed by atoms with Gasteiger partial charge in [-0.25, -0.2) is 4.98 Å². The molecular weight excluding hydrogens is 312 g/mol. The van der Waals surface area contributed by atoms with Gasteiger partial charge in [0.05, 0.1) is 22.1 Å². The van der Waals surface area contributed by atoms with Crippen LogP contribution < -0.4 is 5.32 Å². The minimum atomic E-state index is -0.899. The van der Waals surface area contributed by atoms with Crippen LogP contribution in [0.4, 0.5) is 5.13 Å². The van der Waals surface area contributed by atoms with Crippen LogP contribution in [-0.4, -0.2) is 22.0 Å². The molecule has 1 aromatic heterocycles. The molecular formula is C14H13ClN2O3S. The van der Waals surface area contributed by atoms with E-state index in [0.29, 0.717) is 23.0 Å². The van der Waals surface area contributed by atoms with Crippen molar-refractivity contribution >= 4 is 50.2 Å². The summed E-state index contributed by atoms with van der Waals surface area (Å²) in [6, 6.07) is 5.33. The van der Waals surface area contributed by atoms with Crippen LogP contribution in [0.1, 0.15) is 19.3 Å². The average Bonchev–Trinajstić information content (AvgIpc) is 3.03. The second-order valence-corrected chi connectivity index (χ2v) is 6.57. The van der Waals surface area contributed by atoms with E-state index in [4.69, 9.17) is 16.7 Å². The predicted octanol–water partition coefficient (Wildman–Crippen LogP) is 3.39. The van der Waals surface area contributed by atoms with Crippen molar-refractivity contribution in [3.63, 3.8) is 0 Å². The van der Waals surface area contributed by atoms with Crippen LogP contribution >= 0.6 is 22.9 Å². The van der Waals surface area contributed by atoms with Crippen molar-refractivity contribution in [3.8, 4) is 0 Å². The highest BCUT2D eigenvalue weighted by molar-refractivity contribution is 7.22. The molecule has 5 nitrogen and oxygen atoms in total. The molecule has 0 saturated heterocycles. The fourth-order valence-corrected chi connectivity index (χ4v) is 3.86.